The Balaban J connectivity index is 2.45. The maximum absolute atomic E-state index is 9.57. The van der Waals surface area contributed by atoms with E-state index in [-0.39, 0.29) is 12.0 Å². The second-order valence-electron chi connectivity index (χ2n) is 4.68. The summed E-state index contributed by atoms with van der Waals surface area (Å²) in [5.41, 5.74) is -0.0536. The molecule has 1 aliphatic rings. The number of aliphatic hydroxyl groups is 1. The van der Waals surface area contributed by atoms with Crippen molar-refractivity contribution in [2.24, 2.45) is 5.41 Å². The van der Waals surface area contributed by atoms with Crippen molar-refractivity contribution in [3.63, 3.8) is 0 Å². The molecule has 16 heavy (non-hydrogen) atoms. The summed E-state index contributed by atoms with van der Waals surface area (Å²) >= 11 is 0. The molecular weight excluding hydrogens is 206 g/mol. The summed E-state index contributed by atoms with van der Waals surface area (Å²) in [6.45, 7) is 7.46. The molecule has 0 spiro atoms. The van der Waals surface area contributed by atoms with Crippen LogP contribution in [-0.2, 0) is 9.47 Å². The number of hydrogen-bond acceptors (Lipinski definition) is 4. The van der Waals surface area contributed by atoms with Crippen molar-refractivity contribution < 1.29 is 14.6 Å². The van der Waals surface area contributed by atoms with Crippen LogP contribution in [0.2, 0.25) is 0 Å². The highest BCUT2D eigenvalue weighted by atomic mass is 16.5. The third-order valence-corrected chi connectivity index (χ3v) is 3.36. The summed E-state index contributed by atoms with van der Waals surface area (Å²) in [4.78, 5) is 2.33. The van der Waals surface area contributed by atoms with Gasteiger partial charge in [-0.1, -0.05) is 6.92 Å². The van der Waals surface area contributed by atoms with Gasteiger partial charge in [0.2, 0.25) is 0 Å². The van der Waals surface area contributed by atoms with Gasteiger partial charge in [-0.2, -0.15) is 0 Å². The van der Waals surface area contributed by atoms with E-state index in [0.717, 1.165) is 45.7 Å². The molecule has 1 fully saturated rings. The predicted molar refractivity (Wildman–Crippen MR) is 63.6 cm³/mol. The Kier molecular flexibility index (Phi) is 6.28. The lowest BCUT2D eigenvalue weighted by atomic mass is 9.83. The molecule has 0 amide bonds. The number of methoxy groups -OCH3 is 1. The van der Waals surface area contributed by atoms with Crippen LogP contribution in [0.5, 0.6) is 0 Å². The number of nitrogens with zero attached hydrogens (tertiary/aromatic N) is 1. The van der Waals surface area contributed by atoms with Crippen molar-refractivity contribution in [2.75, 3.05) is 53.2 Å². The van der Waals surface area contributed by atoms with Crippen LogP contribution < -0.4 is 0 Å². The first kappa shape index (κ1) is 13.9. The molecule has 96 valence electrons. The highest BCUT2D eigenvalue weighted by Gasteiger charge is 2.33. The molecule has 4 heteroatoms. The predicted octanol–water partition coefficient (Wildman–Crippen LogP) is 0.744. The van der Waals surface area contributed by atoms with E-state index in [0.29, 0.717) is 6.61 Å². The van der Waals surface area contributed by atoms with Gasteiger partial charge in [-0.3, -0.25) is 0 Å². The lowest BCUT2D eigenvalue weighted by Crippen LogP contribution is -2.46. The van der Waals surface area contributed by atoms with Crippen LogP contribution in [-0.4, -0.2) is 63.2 Å². The minimum Gasteiger partial charge on any atom is -0.396 e. The van der Waals surface area contributed by atoms with Crippen molar-refractivity contribution in [2.45, 2.75) is 19.8 Å². The highest BCUT2D eigenvalue weighted by molar-refractivity contribution is 4.84. The van der Waals surface area contributed by atoms with Gasteiger partial charge in [-0.25, -0.2) is 0 Å². The fourth-order valence-electron chi connectivity index (χ4n) is 2.25. The van der Waals surface area contributed by atoms with Gasteiger partial charge in [0.1, 0.15) is 0 Å². The molecule has 0 aromatic rings. The summed E-state index contributed by atoms with van der Waals surface area (Å²) in [6.07, 6.45) is 2.12. The van der Waals surface area contributed by atoms with E-state index in [9.17, 15) is 5.11 Å². The number of likely N-dealkylation sites (N-methyl/N-ethyl adjacent to an activating group) is 1. The Labute approximate surface area is 98.5 Å². The molecule has 0 aliphatic carbocycles. The maximum atomic E-state index is 9.57. The van der Waals surface area contributed by atoms with Crippen molar-refractivity contribution >= 4 is 0 Å². The zero-order valence-corrected chi connectivity index (χ0v) is 10.6. The van der Waals surface area contributed by atoms with E-state index >= 15 is 0 Å². The van der Waals surface area contributed by atoms with Crippen LogP contribution in [0.3, 0.4) is 0 Å². The van der Waals surface area contributed by atoms with Crippen molar-refractivity contribution in [3.05, 3.63) is 0 Å². The average molecular weight is 231 g/mol. The molecule has 1 unspecified atom stereocenters. The molecule has 1 aliphatic heterocycles. The zero-order valence-electron chi connectivity index (χ0n) is 10.6. The quantitative estimate of drug-likeness (QED) is 0.702. The Morgan fingerprint density at radius 1 is 1.50 bits per heavy atom. The van der Waals surface area contributed by atoms with Gasteiger partial charge in [0.05, 0.1) is 19.8 Å². The number of rotatable bonds is 7. The highest BCUT2D eigenvalue weighted by Crippen LogP contribution is 2.29. The summed E-state index contributed by atoms with van der Waals surface area (Å²) in [6, 6.07) is 0. The third-order valence-electron chi connectivity index (χ3n) is 3.36. The topological polar surface area (TPSA) is 41.9 Å². The first-order valence-corrected chi connectivity index (χ1v) is 6.16. The number of hydrogen-bond donors (Lipinski definition) is 1. The van der Waals surface area contributed by atoms with E-state index in [4.69, 9.17) is 9.47 Å². The standard InChI is InChI=1S/C12H25NO3/c1-3-13(6-8-15-2)9-12(10-14)5-4-7-16-11-12/h14H,3-11H2,1-2H3. The van der Waals surface area contributed by atoms with Crippen molar-refractivity contribution in [1.82, 2.24) is 4.90 Å². The lowest BCUT2D eigenvalue weighted by Gasteiger charge is -2.39. The van der Waals surface area contributed by atoms with Gasteiger partial charge in [0.15, 0.2) is 0 Å². The molecule has 1 N–H and O–H groups in total. The average Bonchev–Trinajstić information content (AvgIpc) is 2.35. The van der Waals surface area contributed by atoms with Gasteiger partial charge in [-0.15, -0.1) is 0 Å². The Bertz CT molecular complexity index is 181. The molecule has 1 rings (SSSR count). The van der Waals surface area contributed by atoms with Crippen LogP contribution in [0, 0.1) is 5.41 Å². The van der Waals surface area contributed by atoms with Crippen LogP contribution in [0.25, 0.3) is 0 Å². The molecule has 4 nitrogen and oxygen atoms in total. The Morgan fingerprint density at radius 2 is 2.31 bits per heavy atom. The molecule has 0 saturated carbocycles. The normalized spacial score (nSPS) is 26.2. The molecular formula is C12H25NO3. The zero-order chi connectivity index (χ0) is 11.9. The number of aliphatic hydroxyl groups excluding tert-OH is 1. The van der Waals surface area contributed by atoms with Gasteiger partial charge in [0, 0.05) is 32.2 Å². The summed E-state index contributed by atoms with van der Waals surface area (Å²) < 4.78 is 10.6. The molecule has 0 radical (unpaired) electrons. The van der Waals surface area contributed by atoms with E-state index in [1.807, 2.05) is 0 Å². The molecule has 1 atom stereocenters. The van der Waals surface area contributed by atoms with Crippen LogP contribution in [0.1, 0.15) is 19.8 Å². The van der Waals surface area contributed by atoms with E-state index in [2.05, 4.69) is 11.8 Å². The van der Waals surface area contributed by atoms with Crippen LogP contribution >= 0.6 is 0 Å². The summed E-state index contributed by atoms with van der Waals surface area (Å²) in [5.74, 6) is 0. The third kappa shape index (κ3) is 4.01. The molecule has 0 bridgehead atoms. The SMILES string of the molecule is CCN(CCOC)CC1(CO)CCCOC1. The Morgan fingerprint density at radius 3 is 2.81 bits per heavy atom. The summed E-state index contributed by atoms with van der Waals surface area (Å²) in [5, 5.41) is 9.57. The second kappa shape index (κ2) is 7.22. The summed E-state index contributed by atoms with van der Waals surface area (Å²) in [7, 11) is 1.72. The van der Waals surface area contributed by atoms with Gasteiger partial charge >= 0.3 is 0 Å². The van der Waals surface area contributed by atoms with Gasteiger partial charge in [0.25, 0.3) is 0 Å². The van der Waals surface area contributed by atoms with Crippen LogP contribution in [0.15, 0.2) is 0 Å². The molecule has 0 aromatic carbocycles. The lowest BCUT2D eigenvalue weighted by molar-refractivity contribution is -0.0565. The van der Waals surface area contributed by atoms with Crippen molar-refractivity contribution in [1.29, 1.82) is 0 Å². The monoisotopic (exact) mass is 231 g/mol. The number of ether oxygens (including phenoxy) is 2. The first-order chi connectivity index (χ1) is 7.76. The fraction of sp³-hybridized carbons (Fsp3) is 1.00. The minimum atomic E-state index is -0.0536. The second-order valence-corrected chi connectivity index (χ2v) is 4.68. The fourth-order valence-corrected chi connectivity index (χ4v) is 2.25. The van der Waals surface area contributed by atoms with Crippen LogP contribution in [0.4, 0.5) is 0 Å². The van der Waals surface area contributed by atoms with Gasteiger partial charge in [-0.05, 0) is 19.4 Å². The maximum Gasteiger partial charge on any atom is 0.0589 e. The van der Waals surface area contributed by atoms with E-state index in [1.165, 1.54) is 0 Å². The minimum absolute atomic E-state index is 0.0536. The van der Waals surface area contributed by atoms with E-state index in [1.54, 1.807) is 7.11 Å². The first-order valence-electron chi connectivity index (χ1n) is 6.16. The Hall–Kier alpha value is -0.160. The molecule has 1 heterocycles. The molecule has 0 aromatic heterocycles. The van der Waals surface area contributed by atoms with Gasteiger partial charge < -0.3 is 19.5 Å². The smallest absolute Gasteiger partial charge is 0.0589 e. The van der Waals surface area contributed by atoms with Crippen molar-refractivity contribution in [3.8, 4) is 0 Å². The molecule has 1 saturated heterocycles. The van der Waals surface area contributed by atoms with E-state index < -0.39 is 0 Å². The largest absolute Gasteiger partial charge is 0.396 e.